The minimum Gasteiger partial charge on any atom is -0.485 e. The second-order valence-electron chi connectivity index (χ2n) is 6.12. The SMILES string of the molecule is Cc1cc(CCCC(=O)NO)cc(C)c1OC(C)c1ccccc1. The Morgan fingerprint density at radius 3 is 2.38 bits per heavy atom. The Bertz CT molecular complexity index is 660. The van der Waals surface area contributed by atoms with Crippen LogP contribution >= 0.6 is 0 Å². The Kier molecular flexibility index (Phi) is 6.38. The summed E-state index contributed by atoms with van der Waals surface area (Å²) in [6, 6.07) is 14.4. The van der Waals surface area contributed by atoms with E-state index in [4.69, 9.17) is 9.94 Å². The van der Waals surface area contributed by atoms with Crippen LogP contribution in [0.2, 0.25) is 0 Å². The maximum Gasteiger partial charge on any atom is 0.243 e. The Morgan fingerprint density at radius 2 is 1.79 bits per heavy atom. The molecule has 0 radical (unpaired) electrons. The van der Waals surface area contributed by atoms with E-state index in [1.165, 1.54) is 5.56 Å². The first-order valence-electron chi connectivity index (χ1n) is 8.26. The molecule has 0 saturated heterocycles. The lowest BCUT2D eigenvalue weighted by Gasteiger charge is -2.19. The average Bonchev–Trinajstić information content (AvgIpc) is 2.58. The molecule has 24 heavy (non-hydrogen) atoms. The number of carbonyl (C=O) groups is 1. The summed E-state index contributed by atoms with van der Waals surface area (Å²) < 4.78 is 6.18. The van der Waals surface area contributed by atoms with E-state index in [9.17, 15) is 4.79 Å². The standard InChI is InChI=1S/C20H25NO3/c1-14-12-17(8-7-11-19(22)21-23)13-15(2)20(14)24-16(3)18-9-5-4-6-10-18/h4-6,9-10,12-13,16,23H,7-8,11H2,1-3H3,(H,21,22). The van der Waals surface area contributed by atoms with Crippen LogP contribution in [0.5, 0.6) is 5.75 Å². The Hall–Kier alpha value is -2.33. The topological polar surface area (TPSA) is 58.6 Å². The van der Waals surface area contributed by atoms with Crippen molar-refractivity contribution in [2.45, 2.75) is 46.1 Å². The molecule has 1 unspecified atom stereocenters. The number of benzene rings is 2. The van der Waals surface area contributed by atoms with Crippen molar-refractivity contribution in [3.05, 3.63) is 64.7 Å². The molecule has 0 spiro atoms. The molecule has 4 heteroatoms. The van der Waals surface area contributed by atoms with Gasteiger partial charge in [-0.05, 0) is 55.9 Å². The van der Waals surface area contributed by atoms with Crippen LogP contribution in [0.1, 0.15) is 48.1 Å². The van der Waals surface area contributed by atoms with Crippen LogP contribution in [0, 0.1) is 13.8 Å². The van der Waals surface area contributed by atoms with Crippen molar-refractivity contribution in [3.63, 3.8) is 0 Å². The second-order valence-corrected chi connectivity index (χ2v) is 6.12. The summed E-state index contributed by atoms with van der Waals surface area (Å²) in [7, 11) is 0. The quantitative estimate of drug-likeness (QED) is 0.590. The van der Waals surface area contributed by atoms with Crippen molar-refractivity contribution in [3.8, 4) is 5.75 Å². The molecule has 0 aliphatic carbocycles. The molecule has 2 N–H and O–H groups in total. The van der Waals surface area contributed by atoms with E-state index in [0.29, 0.717) is 12.8 Å². The summed E-state index contributed by atoms with van der Waals surface area (Å²) in [6.07, 6.45) is 1.80. The van der Waals surface area contributed by atoms with Crippen molar-refractivity contribution >= 4 is 5.91 Å². The van der Waals surface area contributed by atoms with E-state index >= 15 is 0 Å². The van der Waals surface area contributed by atoms with Gasteiger partial charge in [0.2, 0.25) is 5.91 Å². The molecule has 128 valence electrons. The highest BCUT2D eigenvalue weighted by Crippen LogP contribution is 2.30. The second kappa shape index (κ2) is 8.50. The fourth-order valence-electron chi connectivity index (χ4n) is 2.85. The molecule has 1 atom stereocenters. The molecule has 0 bridgehead atoms. The highest BCUT2D eigenvalue weighted by molar-refractivity contribution is 5.74. The first-order valence-corrected chi connectivity index (χ1v) is 8.26. The van der Waals surface area contributed by atoms with Crippen LogP contribution in [0.15, 0.2) is 42.5 Å². The van der Waals surface area contributed by atoms with Gasteiger partial charge in [-0.3, -0.25) is 10.0 Å². The van der Waals surface area contributed by atoms with Gasteiger partial charge in [-0.1, -0.05) is 42.5 Å². The Labute approximate surface area is 143 Å². The highest BCUT2D eigenvalue weighted by Gasteiger charge is 2.12. The number of carbonyl (C=O) groups excluding carboxylic acids is 1. The zero-order chi connectivity index (χ0) is 17.5. The third kappa shape index (κ3) is 4.83. The van der Waals surface area contributed by atoms with Crippen LogP contribution in [0.3, 0.4) is 0 Å². The summed E-state index contributed by atoms with van der Waals surface area (Å²) >= 11 is 0. The molecule has 2 aromatic carbocycles. The zero-order valence-electron chi connectivity index (χ0n) is 14.5. The van der Waals surface area contributed by atoms with E-state index in [0.717, 1.165) is 28.9 Å². The van der Waals surface area contributed by atoms with Crippen LogP contribution < -0.4 is 10.2 Å². The number of rotatable bonds is 7. The summed E-state index contributed by atoms with van der Waals surface area (Å²) in [6.45, 7) is 6.14. The lowest BCUT2D eigenvalue weighted by molar-refractivity contribution is -0.129. The summed E-state index contributed by atoms with van der Waals surface area (Å²) in [5, 5.41) is 8.52. The predicted molar refractivity (Wildman–Crippen MR) is 94.3 cm³/mol. The first kappa shape index (κ1) is 18.0. The summed E-state index contributed by atoms with van der Waals surface area (Å²) in [4.78, 5) is 11.1. The van der Waals surface area contributed by atoms with E-state index in [2.05, 4.69) is 31.2 Å². The van der Waals surface area contributed by atoms with Gasteiger partial charge >= 0.3 is 0 Å². The maximum absolute atomic E-state index is 11.1. The van der Waals surface area contributed by atoms with E-state index in [1.807, 2.05) is 32.0 Å². The van der Waals surface area contributed by atoms with Crippen LogP contribution in [0.4, 0.5) is 0 Å². The van der Waals surface area contributed by atoms with Crippen molar-refractivity contribution in [1.29, 1.82) is 0 Å². The maximum atomic E-state index is 11.1. The van der Waals surface area contributed by atoms with E-state index in [-0.39, 0.29) is 12.0 Å². The Morgan fingerprint density at radius 1 is 1.17 bits per heavy atom. The monoisotopic (exact) mass is 327 g/mol. The van der Waals surface area contributed by atoms with Gasteiger partial charge in [0, 0.05) is 6.42 Å². The minimum atomic E-state index is -0.347. The number of amides is 1. The van der Waals surface area contributed by atoms with Gasteiger partial charge < -0.3 is 4.74 Å². The minimum absolute atomic E-state index is 0.0114. The van der Waals surface area contributed by atoms with Crippen molar-refractivity contribution < 1.29 is 14.7 Å². The third-order valence-electron chi connectivity index (χ3n) is 4.08. The van der Waals surface area contributed by atoms with E-state index < -0.39 is 0 Å². The number of aryl methyl sites for hydroxylation is 3. The first-order chi connectivity index (χ1) is 11.5. The molecule has 0 saturated carbocycles. The van der Waals surface area contributed by atoms with Gasteiger partial charge in [-0.2, -0.15) is 0 Å². The summed E-state index contributed by atoms with van der Waals surface area (Å²) in [5.41, 5.74) is 6.18. The number of ether oxygens (including phenoxy) is 1. The van der Waals surface area contributed by atoms with Crippen molar-refractivity contribution in [1.82, 2.24) is 5.48 Å². The summed E-state index contributed by atoms with van der Waals surface area (Å²) in [5.74, 6) is 0.572. The van der Waals surface area contributed by atoms with Gasteiger partial charge in [0.1, 0.15) is 11.9 Å². The van der Waals surface area contributed by atoms with Crippen LogP contribution in [-0.2, 0) is 11.2 Å². The molecule has 4 nitrogen and oxygen atoms in total. The molecule has 0 aliphatic heterocycles. The zero-order valence-corrected chi connectivity index (χ0v) is 14.5. The van der Waals surface area contributed by atoms with Gasteiger partial charge in [0.05, 0.1) is 0 Å². The third-order valence-corrected chi connectivity index (χ3v) is 4.08. The molecule has 0 fully saturated rings. The molecule has 0 aromatic heterocycles. The smallest absolute Gasteiger partial charge is 0.243 e. The molecule has 1 amide bonds. The van der Waals surface area contributed by atoms with Crippen molar-refractivity contribution in [2.75, 3.05) is 0 Å². The van der Waals surface area contributed by atoms with Gasteiger partial charge in [0.25, 0.3) is 0 Å². The van der Waals surface area contributed by atoms with Crippen LogP contribution in [-0.4, -0.2) is 11.1 Å². The molecular formula is C20H25NO3. The van der Waals surface area contributed by atoms with E-state index in [1.54, 1.807) is 5.48 Å². The molecule has 0 aliphatic rings. The normalized spacial score (nSPS) is 11.8. The number of hydrogen-bond acceptors (Lipinski definition) is 3. The molecule has 2 rings (SSSR count). The number of nitrogens with one attached hydrogen (secondary N) is 1. The largest absolute Gasteiger partial charge is 0.485 e. The fourth-order valence-corrected chi connectivity index (χ4v) is 2.85. The molecular weight excluding hydrogens is 302 g/mol. The fraction of sp³-hybridized carbons (Fsp3) is 0.350. The van der Waals surface area contributed by atoms with Gasteiger partial charge in [-0.15, -0.1) is 0 Å². The Balaban J connectivity index is 2.05. The van der Waals surface area contributed by atoms with Crippen molar-refractivity contribution in [2.24, 2.45) is 0 Å². The lowest BCUT2D eigenvalue weighted by Crippen LogP contribution is -2.18. The van der Waals surface area contributed by atoms with Crippen LogP contribution in [0.25, 0.3) is 0 Å². The molecule has 2 aromatic rings. The van der Waals surface area contributed by atoms with Gasteiger partial charge in [-0.25, -0.2) is 5.48 Å². The number of hydrogen-bond donors (Lipinski definition) is 2. The highest BCUT2D eigenvalue weighted by atomic mass is 16.5. The lowest BCUT2D eigenvalue weighted by atomic mass is 10.0. The number of hydroxylamine groups is 1. The van der Waals surface area contributed by atoms with Gasteiger partial charge in [0.15, 0.2) is 0 Å². The average molecular weight is 327 g/mol. The molecule has 0 heterocycles. The predicted octanol–water partition coefficient (Wildman–Crippen LogP) is 4.27.